The first kappa shape index (κ1) is 17.5. The van der Waals surface area contributed by atoms with Gasteiger partial charge in [0.2, 0.25) is 5.91 Å². The van der Waals surface area contributed by atoms with Crippen molar-refractivity contribution < 1.29 is 9.53 Å². The number of carbonyl (C=O) groups is 1. The summed E-state index contributed by atoms with van der Waals surface area (Å²) in [5.41, 5.74) is 10.5. The molecule has 25 heavy (non-hydrogen) atoms. The van der Waals surface area contributed by atoms with Crippen LogP contribution in [0.3, 0.4) is 0 Å². The Balaban J connectivity index is 1.55. The smallest absolute Gasteiger partial charge is 0.242 e. The molecule has 0 aliphatic carbocycles. The normalized spacial score (nSPS) is 19.4. The minimum Gasteiger partial charge on any atom is -0.497 e. The zero-order valence-electron chi connectivity index (χ0n) is 13.7. The summed E-state index contributed by atoms with van der Waals surface area (Å²) in [5, 5.41) is 6.82. The van der Waals surface area contributed by atoms with Crippen LogP contribution < -0.4 is 31.8 Å². The van der Waals surface area contributed by atoms with E-state index in [1.54, 1.807) is 19.2 Å². The Morgan fingerprint density at radius 2 is 1.84 bits per heavy atom. The highest BCUT2D eigenvalue weighted by molar-refractivity contribution is 6.30. The minimum atomic E-state index is -0.478. The van der Waals surface area contributed by atoms with Gasteiger partial charge in [0.15, 0.2) is 0 Å². The zero-order valence-corrected chi connectivity index (χ0v) is 14.4. The molecule has 1 aliphatic heterocycles. The highest BCUT2D eigenvalue weighted by Crippen LogP contribution is 2.15. The van der Waals surface area contributed by atoms with Gasteiger partial charge >= 0.3 is 0 Å². The van der Waals surface area contributed by atoms with E-state index in [0.29, 0.717) is 11.6 Å². The van der Waals surface area contributed by atoms with Crippen molar-refractivity contribution in [1.82, 2.24) is 21.7 Å². The van der Waals surface area contributed by atoms with Gasteiger partial charge in [-0.05, 0) is 42.0 Å². The number of amides is 1. The number of methoxy groups -OCH3 is 1. The van der Waals surface area contributed by atoms with E-state index in [-0.39, 0.29) is 12.1 Å². The SMILES string of the molecule is COc1ccc(CNC(=O)C2NNNC2Nc2ccc(Cl)cc2)cc1. The van der Waals surface area contributed by atoms with Crippen LogP contribution in [0.1, 0.15) is 5.56 Å². The second-order valence-corrected chi connectivity index (χ2v) is 6.02. The largest absolute Gasteiger partial charge is 0.497 e. The Morgan fingerprint density at radius 3 is 2.52 bits per heavy atom. The van der Waals surface area contributed by atoms with E-state index < -0.39 is 6.04 Å². The Kier molecular flexibility index (Phi) is 5.72. The van der Waals surface area contributed by atoms with E-state index >= 15 is 0 Å². The molecule has 2 aromatic carbocycles. The van der Waals surface area contributed by atoms with Crippen LogP contribution in [0.25, 0.3) is 0 Å². The average Bonchev–Trinajstić information content (AvgIpc) is 3.10. The van der Waals surface area contributed by atoms with Gasteiger partial charge in [-0.3, -0.25) is 4.79 Å². The molecule has 2 atom stereocenters. The number of nitrogens with one attached hydrogen (secondary N) is 5. The molecular weight excluding hydrogens is 342 g/mol. The van der Waals surface area contributed by atoms with E-state index in [0.717, 1.165) is 17.0 Å². The van der Waals surface area contributed by atoms with Crippen molar-refractivity contribution in [3.05, 3.63) is 59.1 Å². The molecule has 132 valence electrons. The number of hydrogen-bond acceptors (Lipinski definition) is 6. The standard InChI is InChI=1S/C17H20ClN5O2/c1-25-14-8-2-11(3-9-14)10-19-17(24)15-16(22-23-21-15)20-13-6-4-12(18)5-7-13/h2-9,15-16,20-23H,10H2,1H3,(H,19,24). The Morgan fingerprint density at radius 1 is 1.12 bits per heavy atom. The van der Waals surface area contributed by atoms with Crippen molar-refractivity contribution in [1.29, 1.82) is 0 Å². The van der Waals surface area contributed by atoms with Crippen molar-refractivity contribution in [2.24, 2.45) is 0 Å². The van der Waals surface area contributed by atoms with Crippen molar-refractivity contribution >= 4 is 23.2 Å². The molecule has 1 heterocycles. The predicted molar refractivity (Wildman–Crippen MR) is 96.9 cm³/mol. The third-order valence-corrected chi connectivity index (χ3v) is 4.12. The maximum absolute atomic E-state index is 12.5. The molecule has 8 heteroatoms. The number of ether oxygens (including phenoxy) is 1. The van der Waals surface area contributed by atoms with Crippen molar-refractivity contribution in [2.75, 3.05) is 12.4 Å². The summed E-state index contributed by atoms with van der Waals surface area (Å²) in [7, 11) is 1.62. The summed E-state index contributed by atoms with van der Waals surface area (Å²) >= 11 is 5.89. The van der Waals surface area contributed by atoms with Crippen LogP contribution in [0.4, 0.5) is 5.69 Å². The Hall–Kier alpha value is -2.32. The molecule has 3 rings (SSSR count). The molecule has 1 saturated heterocycles. The highest BCUT2D eigenvalue weighted by Gasteiger charge is 2.32. The second-order valence-electron chi connectivity index (χ2n) is 5.59. The van der Waals surface area contributed by atoms with Crippen molar-refractivity contribution in [3.8, 4) is 5.75 Å². The van der Waals surface area contributed by atoms with Gasteiger partial charge in [-0.15, -0.1) is 0 Å². The van der Waals surface area contributed by atoms with Crippen LogP contribution in [0.2, 0.25) is 5.02 Å². The summed E-state index contributed by atoms with van der Waals surface area (Å²) in [6.45, 7) is 0.439. The third-order valence-electron chi connectivity index (χ3n) is 3.86. The molecule has 0 spiro atoms. The third kappa shape index (κ3) is 4.61. The van der Waals surface area contributed by atoms with Gasteiger partial charge in [0.25, 0.3) is 0 Å². The summed E-state index contributed by atoms with van der Waals surface area (Å²) in [4.78, 5) is 12.5. The van der Waals surface area contributed by atoms with Crippen LogP contribution >= 0.6 is 11.6 Å². The molecule has 1 amide bonds. The van der Waals surface area contributed by atoms with Gasteiger partial charge in [-0.1, -0.05) is 23.7 Å². The quantitative estimate of drug-likeness (QED) is 0.534. The Labute approximate surface area is 151 Å². The number of rotatable bonds is 6. The van der Waals surface area contributed by atoms with Crippen LogP contribution in [0.5, 0.6) is 5.75 Å². The van der Waals surface area contributed by atoms with Crippen LogP contribution in [-0.4, -0.2) is 25.2 Å². The Bertz CT molecular complexity index is 708. The van der Waals surface area contributed by atoms with E-state index in [1.807, 2.05) is 36.4 Å². The summed E-state index contributed by atoms with van der Waals surface area (Å²) in [6, 6.07) is 14.4. The number of carbonyl (C=O) groups excluding carboxylic acids is 1. The summed E-state index contributed by atoms with van der Waals surface area (Å²) in [5.74, 6) is 0.660. The van der Waals surface area contributed by atoms with E-state index in [1.165, 1.54) is 0 Å². The van der Waals surface area contributed by atoms with Crippen LogP contribution in [0, 0.1) is 0 Å². The zero-order chi connectivity index (χ0) is 17.6. The number of anilines is 1. The van der Waals surface area contributed by atoms with Crippen molar-refractivity contribution in [2.45, 2.75) is 18.8 Å². The monoisotopic (exact) mass is 361 g/mol. The van der Waals surface area contributed by atoms with Gasteiger partial charge < -0.3 is 15.4 Å². The lowest BCUT2D eigenvalue weighted by atomic mass is 10.2. The second kappa shape index (κ2) is 8.17. The molecular formula is C17H20ClN5O2. The number of hydrogen-bond donors (Lipinski definition) is 5. The molecule has 7 nitrogen and oxygen atoms in total. The molecule has 2 unspecified atom stereocenters. The first-order chi connectivity index (χ1) is 12.2. The number of benzene rings is 2. The fraction of sp³-hybridized carbons (Fsp3) is 0.235. The number of hydrazine groups is 2. The minimum absolute atomic E-state index is 0.125. The fourth-order valence-corrected chi connectivity index (χ4v) is 2.59. The maximum atomic E-state index is 12.5. The van der Waals surface area contributed by atoms with E-state index in [4.69, 9.17) is 16.3 Å². The lowest BCUT2D eigenvalue weighted by Crippen LogP contribution is -2.50. The molecule has 0 saturated carbocycles. The summed E-state index contributed by atoms with van der Waals surface area (Å²) in [6.07, 6.45) is -0.308. The first-order valence-electron chi connectivity index (χ1n) is 7.84. The molecule has 1 aliphatic rings. The molecule has 2 aromatic rings. The molecule has 0 radical (unpaired) electrons. The topological polar surface area (TPSA) is 86.5 Å². The molecule has 0 aromatic heterocycles. The fourth-order valence-electron chi connectivity index (χ4n) is 2.47. The van der Waals surface area contributed by atoms with E-state index in [2.05, 4.69) is 27.0 Å². The van der Waals surface area contributed by atoms with Gasteiger partial charge in [0, 0.05) is 17.3 Å². The van der Waals surface area contributed by atoms with E-state index in [9.17, 15) is 4.79 Å². The van der Waals surface area contributed by atoms with Crippen molar-refractivity contribution in [3.63, 3.8) is 0 Å². The highest BCUT2D eigenvalue weighted by atomic mass is 35.5. The summed E-state index contributed by atoms with van der Waals surface area (Å²) < 4.78 is 5.12. The van der Waals surface area contributed by atoms with Crippen LogP contribution in [0.15, 0.2) is 48.5 Å². The van der Waals surface area contributed by atoms with Crippen LogP contribution in [-0.2, 0) is 11.3 Å². The predicted octanol–water partition coefficient (Wildman–Crippen LogP) is 1.38. The molecule has 1 fully saturated rings. The molecule has 0 bridgehead atoms. The van der Waals surface area contributed by atoms with Gasteiger partial charge in [0.1, 0.15) is 18.0 Å². The lowest BCUT2D eigenvalue weighted by Gasteiger charge is -2.20. The first-order valence-corrected chi connectivity index (χ1v) is 8.22. The number of halogens is 1. The average molecular weight is 362 g/mol. The van der Waals surface area contributed by atoms with Gasteiger partial charge in [-0.25, -0.2) is 10.9 Å². The van der Waals surface area contributed by atoms with Gasteiger partial charge in [-0.2, -0.15) is 5.53 Å². The van der Waals surface area contributed by atoms with Gasteiger partial charge in [0.05, 0.1) is 7.11 Å². The molecule has 5 N–H and O–H groups in total. The maximum Gasteiger partial charge on any atom is 0.242 e. The lowest BCUT2D eigenvalue weighted by molar-refractivity contribution is -0.123.